The molecule has 19 heavy (non-hydrogen) atoms. The summed E-state index contributed by atoms with van der Waals surface area (Å²) in [5.41, 5.74) is 1.26. The molecule has 0 saturated carbocycles. The first-order chi connectivity index (χ1) is 9.15. The van der Waals surface area contributed by atoms with E-state index in [1.165, 1.54) is 5.56 Å². The second-order valence-corrected chi connectivity index (χ2v) is 5.64. The molecule has 0 saturated heterocycles. The van der Waals surface area contributed by atoms with Gasteiger partial charge in [-0.15, -0.1) is 11.8 Å². The van der Waals surface area contributed by atoms with E-state index < -0.39 is 0 Å². The van der Waals surface area contributed by atoms with Gasteiger partial charge >= 0.3 is 0 Å². The lowest BCUT2D eigenvalue weighted by Crippen LogP contribution is -2.33. The Labute approximate surface area is 120 Å². The zero-order valence-corrected chi connectivity index (χ0v) is 12.8. The van der Waals surface area contributed by atoms with Crippen molar-refractivity contribution in [1.82, 2.24) is 10.6 Å². The lowest BCUT2D eigenvalue weighted by atomic mass is 10.2. The number of carbonyl (C=O) groups excluding carboxylic acids is 1. The van der Waals surface area contributed by atoms with Crippen LogP contribution in [0.1, 0.15) is 32.8 Å². The molecule has 4 heteroatoms. The van der Waals surface area contributed by atoms with Crippen LogP contribution in [0.2, 0.25) is 0 Å². The summed E-state index contributed by atoms with van der Waals surface area (Å²) in [6.07, 6.45) is 0.967. The van der Waals surface area contributed by atoms with E-state index in [9.17, 15) is 4.79 Å². The molecule has 106 valence electrons. The smallest absolute Gasteiger partial charge is 0.230 e. The molecular weight excluding hydrogens is 256 g/mol. The Bertz CT molecular complexity index is 395. The van der Waals surface area contributed by atoms with E-state index in [1.807, 2.05) is 13.0 Å². The number of thioether (sulfide) groups is 1. The van der Waals surface area contributed by atoms with Crippen molar-refractivity contribution in [3.05, 3.63) is 29.8 Å². The maximum absolute atomic E-state index is 11.7. The van der Waals surface area contributed by atoms with E-state index >= 15 is 0 Å². The van der Waals surface area contributed by atoms with Crippen LogP contribution in [0, 0.1) is 0 Å². The Kier molecular flexibility index (Phi) is 7.60. The van der Waals surface area contributed by atoms with E-state index in [2.05, 4.69) is 42.7 Å². The number of benzene rings is 1. The van der Waals surface area contributed by atoms with E-state index in [0.29, 0.717) is 5.75 Å². The monoisotopic (exact) mass is 280 g/mol. The molecule has 1 aromatic rings. The molecule has 0 aliphatic heterocycles. The third-order valence-corrected chi connectivity index (χ3v) is 3.86. The highest BCUT2D eigenvalue weighted by Gasteiger charge is 2.06. The average Bonchev–Trinajstić information content (AvgIpc) is 2.43. The topological polar surface area (TPSA) is 41.1 Å². The highest BCUT2D eigenvalue weighted by molar-refractivity contribution is 8.00. The molecule has 0 radical (unpaired) electrons. The third kappa shape index (κ3) is 6.64. The minimum atomic E-state index is 0.108. The molecule has 2 N–H and O–H groups in total. The number of hydrogen-bond donors (Lipinski definition) is 2. The normalized spacial score (nSPS) is 12.2. The van der Waals surface area contributed by atoms with Gasteiger partial charge in [0.2, 0.25) is 5.91 Å². The van der Waals surface area contributed by atoms with Crippen LogP contribution in [-0.4, -0.2) is 24.2 Å². The van der Waals surface area contributed by atoms with Gasteiger partial charge in [-0.3, -0.25) is 4.79 Å². The molecule has 0 aliphatic rings. The molecule has 0 aliphatic carbocycles. The Morgan fingerprint density at radius 2 is 2.16 bits per heavy atom. The molecule has 0 spiro atoms. The van der Waals surface area contributed by atoms with E-state index in [-0.39, 0.29) is 11.9 Å². The second-order valence-electron chi connectivity index (χ2n) is 4.59. The number of rotatable bonds is 8. The molecule has 3 nitrogen and oxygen atoms in total. The summed E-state index contributed by atoms with van der Waals surface area (Å²) in [5.74, 6) is 0.589. The molecule has 1 atom stereocenters. The zero-order valence-electron chi connectivity index (χ0n) is 12.0. The molecule has 1 rings (SSSR count). The van der Waals surface area contributed by atoms with E-state index in [0.717, 1.165) is 24.4 Å². The van der Waals surface area contributed by atoms with Gasteiger partial charge in [0.05, 0.1) is 5.75 Å². The van der Waals surface area contributed by atoms with Crippen LogP contribution < -0.4 is 10.6 Å². The summed E-state index contributed by atoms with van der Waals surface area (Å²) in [7, 11) is 0. The fraction of sp³-hybridized carbons (Fsp3) is 0.533. The van der Waals surface area contributed by atoms with Crippen LogP contribution in [0.15, 0.2) is 29.2 Å². The highest BCUT2D eigenvalue weighted by Crippen LogP contribution is 2.19. The van der Waals surface area contributed by atoms with Gasteiger partial charge in [0.15, 0.2) is 0 Å². The lowest BCUT2D eigenvalue weighted by molar-refractivity contribution is -0.119. The summed E-state index contributed by atoms with van der Waals surface area (Å²) >= 11 is 1.59. The van der Waals surface area contributed by atoms with Gasteiger partial charge in [-0.25, -0.2) is 0 Å². The van der Waals surface area contributed by atoms with Gasteiger partial charge in [-0.2, -0.15) is 0 Å². The van der Waals surface area contributed by atoms with Crippen molar-refractivity contribution in [3.63, 3.8) is 0 Å². The SMILES string of the molecule is CCNCc1cccc(SCC(=O)NC(C)CC)c1. The van der Waals surface area contributed by atoms with Crippen LogP contribution >= 0.6 is 11.8 Å². The average molecular weight is 280 g/mol. The number of hydrogen-bond acceptors (Lipinski definition) is 3. The Morgan fingerprint density at radius 1 is 1.37 bits per heavy atom. The highest BCUT2D eigenvalue weighted by atomic mass is 32.2. The van der Waals surface area contributed by atoms with Crippen molar-refractivity contribution >= 4 is 17.7 Å². The Balaban J connectivity index is 2.42. The van der Waals surface area contributed by atoms with Gasteiger partial charge in [-0.05, 0) is 37.6 Å². The van der Waals surface area contributed by atoms with Crippen molar-refractivity contribution in [1.29, 1.82) is 0 Å². The lowest BCUT2D eigenvalue weighted by Gasteiger charge is -2.11. The van der Waals surface area contributed by atoms with Crippen molar-refractivity contribution in [2.75, 3.05) is 12.3 Å². The fourth-order valence-corrected chi connectivity index (χ4v) is 2.37. The van der Waals surface area contributed by atoms with Crippen molar-refractivity contribution in [2.24, 2.45) is 0 Å². The van der Waals surface area contributed by atoms with E-state index in [4.69, 9.17) is 0 Å². The summed E-state index contributed by atoms with van der Waals surface area (Å²) in [6.45, 7) is 8.04. The molecule has 1 amide bonds. The van der Waals surface area contributed by atoms with Crippen LogP contribution in [0.25, 0.3) is 0 Å². The molecule has 1 aromatic carbocycles. The Morgan fingerprint density at radius 3 is 2.84 bits per heavy atom. The van der Waals surface area contributed by atoms with Crippen molar-refractivity contribution in [3.8, 4) is 0 Å². The zero-order chi connectivity index (χ0) is 14.1. The van der Waals surface area contributed by atoms with Gasteiger partial charge in [-0.1, -0.05) is 26.0 Å². The molecule has 1 unspecified atom stereocenters. The van der Waals surface area contributed by atoms with Crippen LogP contribution in [0.3, 0.4) is 0 Å². The van der Waals surface area contributed by atoms with Gasteiger partial charge in [0.1, 0.15) is 0 Å². The van der Waals surface area contributed by atoms with Crippen LogP contribution in [0.4, 0.5) is 0 Å². The third-order valence-electron chi connectivity index (χ3n) is 2.87. The summed E-state index contributed by atoms with van der Waals surface area (Å²) in [6, 6.07) is 8.60. The van der Waals surface area contributed by atoms with Crippen LogP contribution in [0.5, 0.6) is 0 Å². The quantitative estimate of drug-likeness (QED) is 0.720. The molecule has 0 aromatic heterocycles. The predicted octanol–water partition coefficient (Wildman–Crippen LogP) is 2.80. The fourth-order valence-electron chi connectivity index (χ4n) is 1.58. The summed E-state index contributed by atoms with van der Waals surface area (Å²) < 4.78 is 0. The first-order valence-electron chi connectivity index (χ1n) is 6.87. The maximum Gasteiger partial charge on any atom is 0.230 e. The first-order valence-corrected chi connectivity index (χ1v) is 7.86. The number of nitrogens with one attached hydrogen (secondary N) is 2. The molecule has 0 bridgehead atoms. The van der Waals surface area contributed by atoms with Crippen molar-refractivity contribution in [2.45, 2.75) is 44.7 Å². The van der Waals surface area contributed by atoms with Gasteiger partial charge in [0.25, 0.3) is 0 Å². The molecule has 0 heterocycles. The second kappa shape index (κ2) is 8.99. The summed E-state index contributed by atoms with van der Waals surface area (Å²) in [4.78, 5) is 12.8. The van der Waals surface area contributed by atoms with Crippen LogP contribution in [-0.2, 0) is 11.3 Å². The molecule has 0 fully saturated rings. The maximum atomic E-state index is 11.7. The standard InChI is InChI=1S/C15H24N2OS/c1-4-12(3)17-15(18)11-19-14-8-6-7-13(9-14)10-16-5-2/h6-9,12,16H,4-5,10-11H2,1-3H3,(H,17,18). The predicted molar refractivity (Wildman–Crippen MR) is 82.4 cm³/mol. The van der Waals surface area contributed by atoms with Crippen molar-refractivity contribution < 1.29 is 4.79 Å². The minimum Gasteiger partial charge on any atom is -0.353 e. The molecular formula is C15H24N2OS. The Hall–Kier alpha value is -1.00. The minimum absolute atomic E-state index is 0.108. The largest absolute Gasteiger partial charge is 0.353 e. The number of carbonyl (C=O) groups is 1. The van der Waals surface area contributed by atoms with Gasteiger partial charge < -0.3 is 10.6 Å². The first kappa shape index (κ1) is 16.1. The number of amides is 1. The van der Waals surface area contributed by atoms with E-state index in [1.54, 1.807) is 11.8 Å². The van der Waals surface area contributed by atoms with Gasteiger partial charge in [0, 0.05) is 17.5 Å². The summed E-state index contributed by atoms with van der Waals surface area (Å²) in [5, 5.41) is 6.28.